The minimum Gasteiger partial charge on any atom is -0.478 e. The molecule has 7 heteroatoms. The molecule has 3 N–H and O–H groups in total. The van der Waals surface area contributed by atoms with Crippen molar-refractivity contribution in [1.29, 1.82) is 0 Å². The van der Waals surface area contributed by atoms with E-state index < -0.39 is 23.4 Å². The van der Waals surface area contributed by atoms with E-state index in [2.05, 4.69) is 5.32 Å². The first-order valence-electron chi connectivity index (χ1n) is 6.58. The molecule has 1 aromatic rings. The number of nitrogens with zero attached hydrogens (tertiary/aromatic N) is 1. The van der Waals surface area contributed by atoms with Gasteiger partial charge in [0.15, 0.2) is 0 Å². The molecule has 2 amide bonds. The van der Waals surface area contributed by atoms with E-state index in [0.717, 1.165) is 6.07 Å². The van der Waals surface area contributed by atoms with Gasteiger partial charge in [-0.1, -0.05) is 6.07 Å². The maximum Gasteiger partial charge on any atom is 0.340 e. The van der Waals surface area contributed by atoms with Crippen molar-refractivity contribution in [1.82, 2.24) is 4.90 Å². The summed E-state index contributed by atoms with van der Waals surface area (Å²) >= 11 is 0. The fraction of sp³-hybridized carbons (Fsp3) is 0.429. The Hall–Kier alpha value is -2.15. The smallest absolute Gasteiger partial charge is 0.340 e. The Labute approximate surface area is 122 Å². The second-order valence-electron chi connectivity index (χ2n) is 4.76. The van der Waals surface area contributed by atoms with Crippen LogP contribution in [0.4, 0.5) is 14.9 Å². The third-order valence-corrected chi connectivity index (χ3v) is 2.91. The molecule has 0 unspecified atom stereocenters. The van der Waals surface area contributed by atoms with E-state index >= 15 is 0 Å². The van der Waals surface area contributed by atoms with Crippen molar-refractivity contribution in [2.24, 2.45) is 0 Å². The zero-order valence-corrected chi connectivity index (χ0v) is 12.0. The molecule has 0 aliphatic rings. The van der Waals surface area contributed by atoms with Crippen molar-refractivity contribution in [3.05, 3.63) is 29.6 Å². The summed E-state index contributed by atoms with van der Waals surface area (Å²) in [6.07, 6.45) is 0.403. The number of anilines is 1. The van der Waals surface area contributed by atoms with Gasteiger partial charge in [-0.15, -0.1) is 0 Å². The third-order valence-electron chi connectivity index (χ3n) is 2.91. The Kier molecular flexibility index (Phi) is 6.10. The van der Waals surface area contributed by atoms with Crippen LogP contribution in [0, 0.1) is 5.82 Å². The van der Waals surface area contributed by atoms with Crippen molar-refractivity contribution in [3.63, 3.8) is 0 Å². The van der Waals surface area contributed by atoms with Crippen LogP contribution < -0.4 is 5.32 Å². The summed E-state index contributed by atoms with van der Waals surface area (Å²) in [4.78, 5) is 24.7. The monoisotopic (exact) mass is 298 g/mol. The first-order chi connectivity index (χ1) is 9.88. The molecule has 0 radical (unpaired) electrons. The fourth-order valence-electron chi connectivity index (χ4n) is 1.87. The number of carbonyl (C=O) groups excluding carboxylic acids is 1. The number of carboxylic acids is 1. The molecule has 21 heavy (non-hydrogen) atoms. The third kappa shape index (κ3) is 4.42. The second-order valence-corrected chi connectivity index (χ2v) is 4.76. The fourth-order valence-corrected chi connectivity index (χ4v) is 1.87. The molecule has 0 saturated carbocycles. The SMILES string of the molecule is CC(C)N(CCCO)C(=O)Nc1cccc(F)c1C(=O)O. The highest BCUT2D eigenvalue weighted by Gasteiger charge is 2.21. The average molecular weight is 298 g/mol. The number of carbonyl (C=O) groups is 2. The van der Waals surface area contributed by atoms with Crippen molar-refractivity contribution in [2.45, 2.75) is 26.3 Å². The highest BCUT2D eigenvalue weighted by atomic mass is 19.1. The number of benzene rings is 1. The maximum absolute atomic E-state index is 13.5. The lowest BCUT2D eigenvalue weighted by Crippen LogP contribution is -2.41. The van der Waals surface area contributed by atoms with Crippen LogP contribution in [0.25, 0.3) is 0 Å². The predicted molar refractivity (Wildman–Crippen MR) is 75.9 cm³/mol. The van der Waals surface area contributed by atoms with Gasteiger partial charge in [0.1, 0.15) is 11.4 Å². The van der Waals surface area contributed by atoms with E-state index in [1.165, 1.54) is 17.0 Å². The van der Waals surface area contributed by atoms with E-state index in [1.54, 1.807) is 13.8 Å². The summed E-state index contributed by atoms with van der Waals surface area (Å²) in [5.74, 6) is -2.36. The molecular weight excluding hydrogens is 279 g/mol. The maximum atomic E-state index is 13.5. The molecule has 1 rings (SSSR count). The van der Waals surface area contributed by atoms with Crippen LogP contribution in [-0.2, 0) is 0 Å². The number of carboxylic acid groups (broad SMARTS) is 1. The van der Waals surface area contributed by atoms with Gasteiger partial charge in [-0.25, -0.2) is 14.0 Å². The molecule has 0 spiro atoms. The summed E-state index contributed by atoms with van der Waals surface area (Å²) in [6, 6.07) is 3.00. The minimum atomic E-state index is -1.45. The highest BCUT2D eigenvalue weighted by Crippen LogP contribution is 2.19. The van der Waals surface area contributed by atoms with Gasteiger partial charge in [0.25, 0.3) is 0 Å². The molecule has 0 heterocycles. The normalized spacial score (nSPS) is 10.5. The summed E-state index contributed by atoms with van der Waals surface area (Å²) < 4.78 is 13.5. The number of urea groups is 1. The van der Waals surface area contributed by atoms with Crippen molar-refractivity contribution in [2.75, 3.05) is 18.5 Å². The first-order valence-corrected chi connectivity index (χ1v) is 6.58. The summed E-state index contributed by atoms with van der Waals surface area (Å²) in [7, 11) is 0. The number of aromatic carboxylic acids is 1. The van der Waals surface area contributed by atoms with E-state index in [1.807, 2.05) is 0 Å². The Morgan fingerprint density at radius 1 is 1.38 bits per heavy atom. The Bertz CT molecular complexity index is 520. The van der Waals surface area contributed by atoms with Crippen LogP contribution in [0.5, 0.6) is 0 Å². The molecule has 0 saturated heterocycles. The van der Waals surface area contributed by atoms with Gasteiger partial charge in [-0.05, 0) is 32.4 Å². The molecule has 0 aromatic heterocycles. The average Bonchev–Trinajstić information content (AvgIpc) is 2.38. The quantitative estimate of drug-likeness (QED) is 0.750. The van der Waals surface area contributed by atoms with Crippen LogP contribution >= 0.6 is 0 Å². The van der Waals surface area contributed by atoms with Gasteiger partial charge in [0.05, 0.1) is 5.69 Å². The molecular formula is C14H19FN2O4. The number of aliphatic hydroxyl groups excluding tert-OH is 1. The number of aliphatic hydroxyl groups is 1. The lowest BCUT2D eigenvalue weighted by Gasteiger charge is -2.27. The van der Waals surface area contributed by atoms with Crippen LogP contribution in [0.3, 0.4) is 0 Å². The second kappa shape index (κ2) is 7.58. The van der Waals surface area contributed by atoms with Gasteiger partial charge in [0.2, 0.25) is 0 Å². The lowest BCUT2D eigenvalue weighted by atomic mass is 10.1. The minimum absolute atomic E-state index is 0.0587. The Morgan fingerprint density at radius 2 is 2.05 bits per heavy atom. The number of nitrogens with one attached hydrogen (secondary N) is 1. The molecule has 0 aliphatic heterocycles. The molecule has 6 nitrogen and oxygen atoms in total. The summed E-state index contributed by atoms with van der Waals surface area (Å²) in [5, 5.41) is 20.3. The Balaban J connectivity index is 2.96. The van der Waals surface area contributed by atoms with E-state index in [0.29, 0.717) is 13.0 Å². The van der Waals surface area contributed by atoms with E-state index in [9.17, 15) is 14.0 Å². The summed E-state index contributed by atoms with van der Waals surface area (Å²) in [5.41, 5.74) is -0.668. The molecule has 0 fully saturated rings. The van der Waals surface area contributed by atoms with Gasteiger partial charge in [-0.2, -0.15) is 0 Å². The van der Waals surface area contributed by atoms with Gasteiger partial charge >= 0.3 is 12.0 Å². The van der Waals surface area contributed by atoms with Crippen molar-refractivity contribution >= 4 is 17.7 Å². The summed E-state index contributed by atoms with van der Waals surface area (Å²) in [6.45, 7) is 3.84. The zero-order chi connectivity index (χ0) is 16.0. The molecule has 0 bridgehead atoms. The number of hydrogen-bond donors (Lipinski definition) is 3. The van der Waals surface area contributed by atoms with Crippen molar-refractivity contribution in [3.8, 4) is 0 Å². The largest absolute Gasteiger partial charge is 0.478 e. The number of amides is 2. The van der Waals surface area contributed by atoms with E-state index in [4.69, 9.17) is 10.2 Å². The molecule has 1 aromatic carbocycles. The predicted octanol–water partition coefficient (Wildman–Crippen LogP) is 2.15. The van der Waals surface area contributed by atoms with Crippen molar-refractivity contribution < 1.29 is 24.2 Å². The Morgan fingerprint density at radius 3 is 2.57 bits per heavy atom. The number of halogens is 1. The highest BCUT2D eigenvalue weighted by molar-refractivity contribution is 6.00. The van der Waals surface area contributed by atoms with Crippen LogP contribution in [0.2, 0.25) is 0 Å². The topological polar surface area (TPSA) is 89.9 Å². The van der Waals surface area contributed by atoms with E-state index in [-0.39, 0.29) is 18.3 Å². The number of hydrogen-bond acceptors (Lipinski definition) is 3. The standard InChI is InChI=1S/C14H19FN2O4/c1-9(2)17(7-4-8-18)14(21)16-11-6-3-5-10(15)12(11)13(19)20/h3,5-6,9,18H,4,7-8H2,1-2H3,(H,16,21)(H,19,20). The molecule has 0 aliphatic carbocycles. The van der Waals surface area contributed by atoms with Gasteiger partial charge < -0.3 is 20.4 Å². The molecule has 0 atom stereocenters. The number of rotatable bonds is 6. The zero-order valence-electron chi connectivity index (χ0n) is 12.0. The lowest BCUT2D eigenvalue weighted by molar-refractivity contribution is 0.0693. The first kappa shape index (κ1) is 16.9. The van der Waals surface area contributed by atoms with Crippen LogP contribution in [0.1, 0.15) is 30.6 Å². The molecule has 116 valence electrons. The van der Waals surface area contributed by atoms with Crippen LogP contribution in [0.15, 0.2) is 18.2 Å². The van der Waals surface area contributed by atoms with Crippen LogP contribution in [-0.4, -0.2) is 46.3 Å². The van der Waals surface area contributed by atoms with Gasteiger partial charge in [-0.3, -0.25) is 0 Å². The van der Waals surface area contributed by atoms with Gasteiger partial charge in [0, 0.05) is 19.2 Å².